The molecule has 12 heteroatoms. The van der Waals surface area contributed by atoms with Crippen LogP contribution in [0.3, 0.4) is 0 Å². The van der Waals surface area contributed by atoms with Crippen molar-refractivity contribution in [2.24, 2.45) is 5.92 Å². The third-order valence-electron chi connectivity index (χ3n) is 8.59. The van der Waals surface area contributed by atoms with Gasteiger partial charge in [-0.05, 0) is 54.4 Å². The van der Waals surface area contributed by atoms with Gasteiger partial charge in [0.15, 0.2) is 0 Å². The Balaban J connectivity index is 0.000000341. The number of fused-ring (bicyclic) bond motifs is 1. The summed E-state index contributed by atoms with van der Waals surface area (Å²) >= 11 is 0. The minimum Gasteiger partial charge on any atom is -0.478 e. The summed E-state index contributed by atoms with van der Waals surface area (Å²) in [7, 11) is 1.57. The van der Waals surface area contributed by atoms with Gasteiger partial charge in [-0.15, -0.1) is 0 Å². The van der Waals surface area contributed by atoms with E-state index < -0.39 is 37.0 Å². The van der Waals surface area contributed by atoms with Crippen LogP contribution in [0.4, 0.5) is 5.69 Å². The molecule has 1 aliphatic rings. The lowest BCUT2D eigenvalue weighted by Gasteiger charge is -2.25. The number of aliphatic hydroxyl groups excluding tert-OH is 5. The Morgan fingerprint density at radius 1 is 0.875 bits per heavy atom. The van der Waals surface area contributed by atoms with E-state index in [0.29, 0.717) is 23.1 Å². The average Bonchev–Trinajstić information content (AvgIpc) is 3.35. The summed E-state index contributed by atoms with van der Waals surface area (Å²) in [5, 5.41) is 61.9. The summed E-state index contributed by atoms with van der Waals surface area (Å²) in [5.41, 5.74) is 2.70. The third kappa shape index (κ3) is 9.92. The highest BCUT2D eigenvalue weighted by atomic mass is 16.4. The number of benzene rings is 3. The molecule has 0 spiro atoms. The summed E-state index contributed by atoms with van der Waals surface area (Å²) in [4.78, 5) is 32.9. The first-order chi connectivity index (χ1) is 23.1. The molecule has 0 bridgehead atoms. The van der Waals surface area contributed by atoms with Gasteiger partial charge in [-0.1, -0.05) is 81.0 Å². The zero-order valence-electron chi connectivity index (χ0n) is 27.0. The van der Waals surface area contributed by atoms with Gasteiger partial charge in [-0.25, -0.2) is 9.78 Å². The second-order valence-corrected chi connectivity index (χ2v) is 12.2. The predicted molar refractivity (Wildman–Crippen MR) is 183 cm³/mol. The highest BCUT2D eigenvalue weighted by molar-refractivity contribution is 6.04. The van der Waals surface area contributed by atoms with E-state index in [1.807, 2.05) is 18.2 Å². The number of carboxylic acid groups (broad SMARTS) is 1. The molecule has 9 N–H and O–H groups in total. The molecule has 258 valence electrons. The number of carbonyl (C=O) groups is 2. The number of rotatable bonds is 12. The number of likely N-dealkylation sites (N-methyl/N-ethyl adjacent to an activating group) is 1. The molecule has 4 aromatic rings. The SMILES string of the molecule is CNC[C@H](O)[C@@H](O)[C@H](O)[C@H](O)CO.O=C(O)c1cccc(NC(=O)c2nc(-c3ccc4ccccc4c3)[nH]c2CC2CCCCCC2)c1. The largest absolute Gasteiger partial charge is 0.478 e. The molecule has 1 amide bonds. The van der Waals surface area contributed by atoms with E-state index in [-0.39, 0.29) is 18.0 Å². The highest BCUT2D eigenvalue weighted by Gasteiger charge is 2.29. The van der Waals surface area contributed by atoms with Gasteiger partial charge in [0, 0.05) is 23.5 Å². The number of H-pyrrole nitrogens is 1. The number of aliphatic hydroxyl groups is 5. The molecule has 1 aliphatic carbocycles. The van der Waals surface area contributed by atoms with Crippen LogP contribution in [0.25, 0.3) is 22.2 Å². The molecule has 12 nitrogen and oxygen atoms in total. The number of amides is 1. The first kappa shape index (κ1) is 36.7. The molecule has 0 unspecified atom stereocenters. The number of nitrogens with one attached hydrogen (secondary N) is 3. The number of hydrogen-bond acceptors (Lipinski definition) is 9. The molecule has 1 saturated carbocycles. The molecule has 48 heavy (non-hydrogen) atoms. The lowest BCUT2D eigenvalue weighted by atomic mass is 9.94. The molecule has 1 fully saturated rings. The number of aromatic amines is 1. The predicted octanol–water partition coefficient (Wildman–Crippen LogP) is 3.34. The van der Waals surface area contributed by atoms with Gasteiger partial charge in [0.25, 0.3) is 5.91 Å². The van der Waals surface area contributed by atoms with E-state index in [2.05, 4.69) is 39.9 Å². The first-order valence-electron chi connectivity index (χ1n) is 16.3. The molecular weight excluding hydrogens is 616 g/mol. The van der Waals surface area contributed by atoms with Gasteiger partial charge in [-0.2, -0.15) is 0 Å². The monoisotopic (exact) mass is 662 g/mol. The fourth-order valence-corrected chi connectivity index (χ4v) is 5.89. The van der Waals surface area contributed by atoms with E-state index in [1.54, 1.807) is 19.2 Å². The average molecular weight is 663 g/mol. The fourth-order valence-electron chi connectivity index (χ4n) is 5.89. The van der Waals surface area contributed by atoms with E-state index >= 15 is 0 Å². The van der Waals surface area contributed by atoms with Gasteiger partial charge < -0.3 is 46.3 Å². The maximum Gasteiger partial charge on any atom is 0.335 e. The number of anilines is 1. The van der Waals surface area contributed by atoms with Gasteiger partial charge in [0.1, 0.15) is 29.8 Å². The smallest absolute Gasteiger partial charge is 0.335 e. The summed E-state index contributed by atoms with van der Waals surface area (Å²) in [6.45, 7) is -0.569. The van der Waals surface area contributed by atoms with Crippen LogP contribution in [0.5, 0.6) is 0 Å². The first-order valence-corrected chi connectivity index (χ1v) is 16.3. The number of carbonyl (C=O) groups excluding carboxylic acids is 1. The fraction of sp³-hybridized carbons (Fsp3) is 0.417. The van der Waals surface area contributed by atoms with Gasteiger partial charge in [-0.3, -0.25) is 4.79 Å². The number of imidazole rings is 1. The van der Waals surface area contributed by atoms with E-state index in [4.69, 9.17) is 25.4 Å². The van der Waals surface area contributed by atoms with Crippen molar-refractivity contribution in [2.75, 3.05) is 25.5 Å². The Labute approximate surface area is 279 Å². The number of aromatic carboxylic acids is 1. The lowest BCUT2D eigenvalue weighted by Crippen LogP contribution is -2.48. The minimum absolute atomic E-state index is 0.0936. The van der Waals surface area contributed by atoms with Crippen LogP contribution in [-0.4, -0.2) is 97.1 Å². The Kier molecular flexibility index (Phi) is 13.6. The zero-order chi connectivity index (χ0) is 34.6. The quantitative estimate of drug-likeness (QED) is 0.101. The van der Waals surface area contributed by atoms with Crippen molar-refractivity contribution in [2.45, 2.75) is 69.4 Å². The van der Waals surface area contributed by atoms with Gasteiger partial charge in [0.05, 0.1) is 18.3 Å². The Hall–Kier alpha value is -4.17. The van der Waals surface area contributed by atoms with Crippen LogP contribution in [0.15, 0.2) is 66.7 Å². The maximum absolute atomic E-state index is 13.3. The minimum atomic E-state index is -1.55. The van der Waals surface area contributed by atoms with E-state index in [1.165, 1.54) is 37.8 Å². The zero-order valence-corrected chi connectivity index (χ0v) is 27.0. The Morgan fingerprint density at radius 2 is 1.56 bits per heavy atom. The number of carboxylic acids is 1. The van der Waals surface area contributed by atoms with Crippen LogP contribution in [0.2, 0.25) is 0 Å². The molecule has 1 aromatic heterocycles. The lowest BCUT2D eigenvalue weighted by molar-refractivity contribution is -0.113. The topological polar surface area (TPSA) is 208 Å². The van der Waals surface area contributed by atoms with Crippen LogP contribution in [-0.2, 0) is 6.42 Å². The van der Waals surface area contributed by atoms with Gasteiger partial charge in [0.2, 0.25) is 0 Å². The second kappa shape index (κ2) is 17.8. The molecule has 5 rings (SSSR count). The van der Waals surface area contributed by atoms with Crippen molar-refractivity contribution < 1.29 is 40.2 Å². The standard InChI is InChI=1S/C29H29N3O3.C7H17NO5/c33-28(30-24-13-7-12-23(18-24)29(34)35)26-25(16-19-8-3-1-2-4-9-19)31-27(32-26)22-15-14-20-10-5-6-11-21(20)17-22;1-8-2-4(10)6(12)7(13)5(11)3-9/h5-7,10-15,17-19H,1-4,8-9,16H2,(H,30,33)(H,31,32)(H,34,35);4-13H,2-3H2,1H3/t;4-,5+,6+,7+/m.0/s1. The van der Waals surface area contributed by atoms with Crippen LogP contribution in [0.1, 0.15) is 65.1 Å². The van der Waals surface area contributed by atoms with Crippen molar-refractivity contribution in [3.05, 3.63) is 83.7 Å². The molecule has 3 aromatic carbocycles. The maximum atomic E-state index is 13.3. The van der Waals surface area contributed by atoms with Crippen LogP contribution >= 0.6 is 0 Å². The normalized spacial score (nSPS) is 16.2. The molecule has 4 atom stereocenters. The highest BCUT2D eigenvalue weighted by Crippen LogP contribution is 2.29. The van der Waals surface area contributed by atoms with Gasteiger partial charge >= 0.3 is 5.97 Å². The number of aromatic nitrogens is 2. The molecular formula is C36H46N4O8. The molecule has 0 saturated heterocycles. The Morgan fingerprint density at radius 3 is 2.23 bits per heavy atom. The van der Waals surface area contributed by atoms with Crippen molar-refractivity contribution in [3.8, 4) is 11.4 Å². The van der Waals surface area contributed by atoms with Crippen molar-refractivity contribution >= 4 is 28.3 Å². The van der Waals surface area contributed by atoms with Crippen LogP contribution in [0, 0.1) is 5.92 Å². The molecule has 0 aliphatic heterocycles. The van der Waals surface area contributed by atoms with Crippen molar-refractivity contribution in [1.82, 2.24) is 15.3 Å². The summed E-state index contributed by atoms with van der Waals surface area (Å²) in [6.07, 6.45) is 2.44. The molecule has 0 radical (unpaired) electrons. The summed E-state index contributed by atoms with van der Waals surface area (Å²) in [5.74, 6) is -0.180. The van der Waals surface area contributed by atoms with E-state index in [9.17, 15) is 19.8 Å². The van der Waals surface area contributed by atoms with Crippen molar-refractivity contribution in [1.29, 1.82) is 0 Å². The van der Waals surface area contributed by atoms with Crippen LogP contribution < -0.4 is 10.6 Å². The summed E-state index contributed by atoms with van der Waals surface area (Å²) < 4.78 is 0. The van der Waals surface area contributed by atoms with E-state index in [0.717, 1.165) is 41.3 Å². The Bertz CT molecular complexity index is 1640. The summed E-state index contributed by atoms with van der Waals surface area (Å²) in [6, 6.07) is 20.6. The third-order valence-corrected chi connectivity index (χ3v) is 8.59. The number of nitrogens with zero attached hydrogens (tertiary/aromatic N) is 1. The van der Waals surface area contributed by atoms with Crippen molar-refractivity contribution in [3.63, 3.8) is 0 Å². The second-order valence-electron chi connectivity index (χ2n) is 12.2. The molecule has 1 heterocycles. The number of hydrogen-bond donors (Lipinski definition) is 9.